The SMILES string of the molecule is COc1cccc(S(=O)(=O)Nc2cccc(CCc3ccc(C(=O)O)cc3)c2)c1.Cc1ccc(F)cc1S(=O)(=O)Nc1cccc(CCc2ccc(C(=O)O)cc2)c1. The maximum Gasteiger partial charge on any atom is 0.335 e. The van der Waals surface area contributed by atoms with E-state index >= 15 is 0 Å². The van der Waals surface area contributed by atoms with Gasteiger partial charge >= 0.3 is 11.9 Å². The molecule has 0 aromatic heterocycles. The highest BCUT2D eigenvalue weighted by molar-refractivity contribution is 7.93. The van der Waals surface area contributed by atoms with Crippen molar-refractivity contribution in [2.75, 3.05) is 16.6 Å². The number of methoxy groups -OCH3 is 1. The van der Waals surface area contributed by atoms with Crippen LogP contribution in [0.2, 0.25) is 0 Å². The Labute approximate surface area is 336 Å². The van der Waals surface area contributed by atoms with Gasteiger partial charge in [-0.3, -0.25) is 9.44 Å². The van der Waals surface area contributed by atoms with Gasteiger partial charge in [0.15, 0.2) is 0 Å². The van der Waals surface area contributed by atoms with Crippen LogP contribution in [-0.4, -0.2) is 46.1 Å². The summed E-state index contributed by atoms with van der Waals surface area (Å²) in [5.41, 5.74) is 5.70. The number of carboxylic acids is 2. The summed E-state index contributed by atoms with van der Waals surface area (Å²) in [4.78, 5) is 21.9. The fourth-order valence-corrected chi connectivity index (χ4v) is 8.23. The second-order valence-electron chi connectivity index (χ2n) is 13.2. The number of anilines is 2. The van der Waals surface area contributed by atoms with Gasteiger partial charge in [0.25, 0.3) is 20.0 Å². The van der Waals surface area contributed by atoms with Crippen LogP contribution in [0.1, 0.15) is 48.5 Å². The molecule has 0 heterocycles. The Balaban J connectivity index is 0.000000221. The summed E-state index contributed by atoms with van der Waals surface area (Å²) in [5, 5.41) is 17.9. The highest BCUT2D eigenvalue weighted by atomic mass is 32.2. The predicted octanol–water partition coefficient (Wildman–Crippen LogP) is 8.40. The average Bonchev–Trinajstić information content (AvgIpc) is 3.20. The lowest BCUT2D eigenvalue weighted by Crippen LogP contribution is -2.14. The van der Waals surface area contributed by atoms with E-state index in [-0.39, 0.29) is 20.9 Å². The number of carbonyl (C=O) groups is 2. The number of ether oxygens (including phenoxy) is 1. The molecule has 6 aromatic rings. The topological polar surface area (TPSA) is 176 Å². The molecule has 0 atom stereocenters. The van der Waals surface area contributed by atoms with Crippen LogP contribution in [-0.2, 0) is 45.7 Å². The van der Waals surface area contributed by atoms with Gasteiger partial charge in [-0.05, 0) is 133 Å². The van der Waals surface area contributed by atoms with Gasteiger partial charge in [-0.15, -0.1) is 0 Å². The van der Waals surface area contributed by atoms with Gasteiger partial charge in [-0.1, -0.05) is 60.7 Å². The van der Waals surface area contributed by atoms with E-state index in [1.807, 2.05) is 12.1 Å². The molecule has 11 nitrogen and oxygen atoms in total. The molecule has 4 N–H and O–H groups in total. The zero-order chi connectivity index (χ0) is 41.9. The minimum Gasteiger partial charge on any atom is -0.497 e. The lowest BCUT2D eigenvalue weighted by molar-refractivity contribution is 0.0686. The molecule has 0 saturated carbocycles. The summed E-state index contributed by atoms with van der Waals surface area (Å²) < 4.78 is 74.2. The predicted molar refractivity (Wildman–Crippen MR) is 220 cm³/mol. The minimum absolute atomic E-state index is 0.0959. The second kappa shape index (κ2) is 19.1. The van der Waals surface area contributed by atoms with E-state index in [1.54, 1.807) is 104 Å². The van der Waals surface area contributed by atoms with Gasteiger partial charge in [0.1, 0.15) is 11.6 Å². The van der Waals surface area contributed by atoms with E-state index in [4.69, 9.17) is 14.9 Å². The van der Waals surface area contributed by atoms with Crippen molar-refractivity contribution in [3.05, 3.63) is 184 Å². The summed E-state index contributed by atoms with van der Waals surface area (Å²) >= 11 is 0. The van der Waals surface area contributed by atoms with Crippen molar-refractivity contribution in [1.82, 2.24) is 0 Å². The number of halogens is 1. The number of sulfonamides is 2. The van der Waals surface area contributed by atoms with Crippen molar-refractivity contribution >= 4 is 43.4 Å². The molecule has 0 bridgehead atoms. The zero-order valence-corrected chi connectivity index (χ0v) is 33.2. The average molecular weight is 825 g/mol. The third kappa shape index (κ3) is 12.0. The van der Waals surface area contributed by atoms with Gasteiger partial charge in [0, 0.05) is 17.4 Å². The van der Waals surface area contributed by atoms with Crippen LogP contribution < -0.4 is 14.2 Å². The fourth-order valence-electron chi connectivity index (χ4n) is 5.84. The molecule has 6 rings (SSSR count). The highest BCUT2D eigenvalue weighted by Crippen LogP contribution is 2.23. The van der Waals surface area contributed by atoms with E-state index in [0.29, 0.717) is 48.4 Å². The Morgan fingerprint density at radius 1 is 0.569 bits per heavy atom. The number of hydrogen-bond donors (Lipinski definition) is 4. The van der Waals surface area contributed by atoms with E-state index in [1.165, 1.54) is 31.4 Å². The van der Waals surface area contributed by atoms with Crippen molar-refractivity contribution in [2.24, 2.45) is 0 Å². The molecule has 0 saturated heterocycles. The van der Waals surface area contributed by atoms with Gasteiger partial charge < -0.3 is 14.9 Å². The fraction of sp³-hybridized carbons (Fsp3) is 0.136. The van der Waals surface area contributed by atoms with E-state index in [0.717, 1.165) is 28.3 Å². The molecule has 6 aromatic carbocycles. The Morgan fingerprint density at radius 2 is 1.03 bits per heavy atom. The molecule has 0 aliphatic carbocycles. The maximum atomic E-state index is 13.5. The number of rotatable bonds is 15. The molecule has 0 amide bonds. The van der Waals surface area contributed by atoms with Crippen LogP contribution in [0.4, 0.5) is 15.8 Å². The molecule has 0 spiro atoms. The standard InChI is InChI=1S/C22H20FNO4S.C22H21NO5S/c1-15-5-12-19(23)14-21(15)29(27,28)24-20-4-2-3-17(13-20)7-6-16-8-10-18(11-9-16)22(25)26;1-28-20-6-3-7-21(15-20)29(26,27)23-19-5-2-4-17(14-19)9-8-16-10-12-18(13-11-16)22(24)25/h2-5,8-14,24H,6-7H2,1H3,(H,25,26);2-7,10-15,23H,8-9H2,1H3,(H,24,25). The van der Waals surface area contributed by atoms with Crippen molar-refractivity contribution in [3.8, 4) is 5.75 Å². The molecule has 0 radical (unpaired) electrons. The third-order valence-corrected chi connectivity index (χ3v) is 11.9. The first-order valence-corrected chi connectivity index (χ1v) is 20.9. The van der Waals surface area contributed by atoms with Gasteiger partial charge in [-0.25, -0.2) is 30.8 Å². The van der Waals surface area contributed by atoms with Crippen molar-refractivity contribution in [1.29, 1.82) is 0 Å². The van der Waals surface area contributed by atoms with Crippen LogP contribution in [0, 0.1) is 12.7 Å². The lowest BCUT2D eigenvalue weighted by atomic mass is 10.0. The number of benzene rings is 6. The monoisotopic (exact) mass is 824 g/mol. The van der Waals surface area contributed by atoms with E-state index in [9.17, 15) is 30.8 Å². The smallest absolute Gasteiger partial charge is 0.335 e. The van der Waals surface area contributed by atoms with Gasteiger partial charge in [-0.2, -0.15) is 0 Å². The van der Waals surface area contributed by atoms with Crippen molar-refractivity contribution in [2.45, 2.75) is 42.4 Å². The largest absolute Gasteiger partial charge is 0.497 e. The van der Waals surface area contributed by atoms with Crippen LogP contribution in [0.3, 0.4) is 0 Å². The van der Waals surface area contributed by atoms with Gasteiger partial charge in [0.05, 0.1) is 28.0 Å². The van der Waals surface area contributed by atoms with Crippen molar-refractivity contribution < 1.29 is 45.8 Å². The minimum atomic E-state index is -3.91. The molecule has 58 heavy (non-hydrogen) atoms. The number of hydrogen-bond acceptors (Lipinski definition) is 7. The highest BCUT2D eigenvalue weighted by Gasteiger charge is 2.18. The molecule has 0 aliphatic rings. The lowest BCUT2D eigenvalue weighted by Gasteiger charge is -2.12. The summed E-state index contributed by atoms with van der Waals surface area (Å²) in [5.74, 6) is -2.06. The van der Waals surface area contributed by atoms with E-state index in [2.05, 4.69) is 9.44 Å². The first-order chi connectivity index (χ1) is 27.6. The summed E-state index contributed by atoms with van der Waals surface area (Å²) in [6, 6.07) is 37.5. The quantitative estimate of drug-likeness (QED) is 0.0792. The number of carboxylic acid groups (broad SMARTS) is 2. The van der Waals surface area contributed by atoms with Gasteiger partial charge in [0.2, 0.25) is 0 Å². The Morgan fingerprint density at radius 3 is 1.52 bits per heavy atom. The zero-order valence-electron chi connectivity index (χ0n) is 31.6. The maximum absolute atomic E-state index is 13.5. The number of aromatic carboxylic acids is 2. The molecular weight excluding hydrogens is 784 g/mol. The van der Waals surface area contributed by atoms with E-state index < -0.39 is 37.8 Å². The molecule has 300 valence electrons. The number of nitrogens with one attached hydrogen (secondary N) is 2. The first kappa shape index (κ1) is 42.6. The Bertz CT molecular complexity index is 2620. The molecule has 0 aliphatic heterocycles. The van der Waals surface area contributed by atoms with Crippen LogP contribution in [0.15, 0.2) is 149 Å². The first-order valence-electron chi connectivity index (χ1n) is 17.9. The Kier molecular flexibility index (Phi) is 14.0. The Hall–Kier alpha value is -6.51. The summed E-state index contributed by atoms with van der Waals surface area (Å²) in [6.07, 6.45) is 2.74. The second-order valence-corrected chi connectivity index (χ2v) is 16.5. The summed E-state index contributed by atoms with van der Waals surface area (Å²) in [6.45, 7) is 1.61. The molecule has 0 fully saturated rings. The van der Waals surface area contributed by atoms with Crippen molar-refractivity contribution in [3.63, 3.8) is 0 Å². The third-order valence-electron chi connectivity index (χ3n) is 8.96. The van der Waals surface area contributed by atoms with Crippen LogP contribution >= 0.6 is 0 Å². The molecular formula is C44H41FN2O9S2. The molecule has 14 heteroatoms. The molecule has 0 unspecified atom stereocenters. The number of aryl methyl sites for hydroxylation is 5. The normalized spacial score (nSPS) is 11.2. The summed E-state index contributed by atoms with van der Waals surface area (Å²) in [7, 11) is -6.15. The van der Waals surface area contributed by atoms with Crippen LogP contribution in [0.25, 0.3) is 0 Å². The van der Waals surface area contributed by atoms with Crippen LogP contribution in [0.5, 0.6) is 5.75 Å².